The van der Waals surface area contributed by atoms with Crippen LogP contribution in [-0.4, -0.2) is 32.3 Å². The van der Waals surface area contributed by atoms with E-state index in [9.17, 15) is 4.79 Å². The molecule has 1 aliphatic rings. The van der Waals surface area contributed by atoms with E-state index in [1.54, 1.807) is 6.20 Å². The predicted molar refractivity (Wildman–Crippen MR) is 88.5 cm³/mol. The van der Waals surface area contributed by atoms with E-state index in [2.05, 4.69) is 18.8 Å². The van der Waals surface area contributed by atoms with E-state index < -0.39 is 0 Å². The number of likely N-dealkylation sites (tertiary alicyclic amines) is 1. The lowest BCUT2D eigenvalue weighted by atomic mass is 9.97. The van der Waals surface area contributed by atoms with Gasteiger partial charge in [0, 0.05) is 18.3 Å². The summed E-state index contributed by atoms with van der Waals surface area (Å²) in [5, 5.41) is 0.612. The van der Waals surface area contributed by atoms with Crippen LogP contribution in [0.5, 0.6) is 0 Å². The summed E-state index contributed by atoms with van der Waals surface area (Å²) in [5.41, 5.74) is 2.29. The van der Waals surface area contributed by atoms with Crippen molar-refractivity contribution in [1.82, 2.24) is 14.3 Å². The van der Waals surface area contributed by atoms with Crippen LogP contribution < -0.4 is 0 Å². The Hall–Kier alpha value is -1.55. The molecular weight excluding hydrogens is 298 g/mol. The van der Waals surface area contributed by atoms with Crippen molar-refractivity contribution in [3.63, 3.8) is 0 Å². The van der Waals surface area contributed by atoms with Gasteiger partial charge in [0.1, 0.15) is 11.3 Å². The third-order valence-corrected chi connectivity index (χ3v) is 4.84. The quantitative estimate of drug-likeness (QED) is 0.840. The number of imidazole rings is 1. The fourth-order valence-corrected chi connectivity index (χ4v) is 3.64. The average molecular weight is 320 g/mol. The van der Waals surface area contributed by atoms with Gasteiger partial charge in [0.05, 0.1) is 10.7 Å². The van der Waals surface area contributed by atoms with Crippen LogP contribution in [0, 0.1) is 0 Å². The van der Waals surface area contributed by atoms with E-state index in [-0.39, 0.29) is 18.0 Å². The Kier molecular flexibility index (Phi) is 4.13. The smallest absolute Gasteiger partial charge is 0.273 e. The molecule has 118 valence electrons. The summed E-state index contributed by atoms with van der Waals surface area (Å²) in [5.74, 6) is 0.0753. The Balaban J connectivity index is 2.11. The Morgan fingerprint density at radius 3 is 2.64 bits per heavy atom. The van der Waals surface area contributed by atoms with Crippen LogP contribution in [-0.2, 0) is 6.42 Å². The van der Waals surface area contributed by atoms with Gasteiger partial charge in [0.25, 0.3) is 5.91 Å². The standard InChI is InChI=1S/C17H22ClN3O/c1-4-14-16(20-10-13(18)8-9-15(20)19-14)17(22)21-11(2)6-5-7-12(21)3/h8-12H,4-7H2,1-3H3. The van der Waals surface area contributed by atoms with E-state index in [1.165, 1.54) is 6.42 Å². The molecule has 2 aromatic rings. The molecule has 1 saturated heterocycles. The van der Waals surface area contributed by atoms with E-state index >= 15 is 0 Å². The first-order valence-corrected chi connectivity index (χ1v) is 8.39. The summed E-state index contributed by atoms with van der Waals surface area (Å²) in [6, 6.07) is 4.21. The van der Waals surface area contributed by atoms with Gasteiger partial charge in [0.15, 0.2) is 0 Å². The van der Waals surface area contributed by atoms with Gasteiger partial charge in [0.2, 0.25) is 0 Å². The first-order valence-electron chi connectivity index (χ1n) is 8.02. The number of aromatic nitrogens is 2. The largest absolute Gasteiger partial charge is 0.332 e. The van der Waals surface area contributed by atoms with Crippen molar-refractivity contribution in [2.24, 2.45) is 0 Å². The highest BCUT2D eigenvalue weighted by molar-refractivity contribution is 6.30. The van der Waals surface area contributed by atoms with Gasteiger partial charge in [-0.05, 0) is 51.7 Å². The number of fused-ring (bicyclic) bond motifs is 1. The Morgan fingerprint density at radius 2 is 2.00 bits per heavy atom. The number of hydrogen-bond donors (Lipinski definition) is 0. The number of aryl methyl sites for hydroxylation is 1. The van der Waals surface area contributed by atoms with Crippen LogP contribution in [0.25, 0.3) is 5.65 Å². The van der Waals surface area contributed by atoms with E-state index in [1.807, 2.05) is 28.4 Å². The second kappa shape index (κ2) is 5.92. The number of hydrogen-bond acceptors (Lipinski definition) is 2. The molecule has 2 unspecified atom stereocenters. The zero-order valence-electron chi connectivity index (χ0n) is 13.3. The average Bonchev–Trinajstić information content (AvgIpc) is 2.84. The van der Waals surface area contributed by atoms with Crippen molar-refractivity contribution in [2.45, 2.75) is 58.5 Å². The molecule has 3 rings (SSSR count). The maximum absolute atomic E-state index is 13.2. The molecule has 0 radical (unpaired) electrons. The number of halogens is 1. The maximum atomic E-state index is 13.2. The second-order valence-corrected chi connectivity index (χ2v) is 6.61. The van der Waals surface area contributed by atoms with Gasteiger partial charge in [-0.2, -0.15) is 0 Å². The van der Waals surface area contributed by atoms with Crippen LogP contribution in [0.1, 0.15) is 56.2 Å². The monoisotopic (exact) mass is 319 g/mol. The van der Waals surface area contributed by atoms with Gasteiger partial charge < -0.3 is 4.90 Å². The second-order valence-electron chi connectivity index (χ2n) is 6.18. The van der Waals surface area contributed by atoms with Gasteiger partial charge in [-0.25, -0.2) is 4.98 Å². The topological polar surface area (TPSA) is 37.6 Å². The Labute approximate surface area is 136 Å². The Morgan fingerprint density at radius 1 is 1.32 bits per heavy atom. The fraction of sp³-hybridized carbons (Fsp3) is 0.529. The van der Waals surface area contributed by atoms with Gasteiger partial charge in [-0.3, -0.25) is 9.20 Å². The zero-order chi connectivity index (χ0) is 15.9. The van der Waals surface area contributed by atoms with Crippen LogP contribution in [0.3, 0.4) is 0 Å². The molecule has 2 atom stereocenters. The molecule has 3 heterocycles. The molecule has 1 amide bonds. The van der Waals surface area contributed by atoms with Crippen molar-refractivity contribution < 1.29 is 4.79 Å². The summed E-state index contributed by atoms with van der Waals surface area (Å²) in [7, 11) is 0. The predicted octanol–water partition coefficient (Wildman–Crippen LogP) is 3.95. The summed E-state index contributed by atoms with van der Waals surface area (Å²) >= 11 is 6.12. The third kappa shape index (κ3) is 2.50. The molecule has 1 fully saturated rings. The molecule has 0 bridgehead atoms. The molecular formula is C17H22ClN3O. The van der Waals surface area contributed by atoms with Crippen LogP contribution in [0.4, 0.5) is 0 Å². The van der Waals surface area contributed by atoms with Crippen molar-refractivity contribution in [1.29, 1.82) is 0 Å². The van der Waals surface area contributed by atoms with Gasteiger partial charge in [-0.1, -0.05) is 18.5 Å². The molecule has 0 aliphatic carbocycles. The van der Waals surface area contributed by atoms with Gasteiger partial charge in [-0.15, -0.1) is 0 Å². The maximum Gasteiger partial charge on any atom is 0.273 e. The number of carbonyl (C=O) groups excluding carboxylic acids is 1. The van der Waals surface area contributed by atoms with E-state index in [4.69, 9.17) is 11.6 Å². The highest BCUT2D eigenvalue weighted by atomic mass is 35.5. The molecule has 4 nitrogen and oxygen atoms in total. The van der Waals surface area contributed by atoms with Crippen molar-refractivity contribution in [3.8, 4) is 0 Å². The molecule has 0 aromatic carbocycles. The van der Waals surface area contributed by atoms with Crippen LogP contribution >= 0.6 is 11.6 Å². The molecule has 22 heavy (non-hydrogen) atoms. The minimum Gasteiger partial charge on any atom is -0.332 e. The Bertz CT molecular complexity index is 699. The molecule has 5 heteroatoms. The highest BCUT2D eigenvalue weighted by Crippen LogP contribution is 2.26. The molecule has 0 N–H and O–H groups in total. The normalized spacial score (nSPS) is 22.3. The summed E-state index contributed by atoms with van der Waals surface area (Å²) in [4.78, 5) is 19.8. The summed E-state index contributed by atoms with van der Waals surface area (Å²) in [6.07, 6.45) is 5.84. The summed E-state index contributed by atoms with van der Waals surface area (Å²) in [6.45, 7) is 6.30. The first-order chi connectivity index (χ1) is 10.5. The minimum atomic E-state index is 0.0753. The number of nitrogens with zero attached hydrogens (tertiary/aromatic N) is 3. The molecule has 0 saturated carbocycles. The van der Waals surface area contributed by atoms with Gasteiger partial charge >= 0.3 is 0 Å². The first kappa shape index (κ1) is 15.3. The number of pyridine rings is 1. The SMILES string of the molecule is CCc1nc2ccc(Cl)cn2c1C(=O)N1C(C)CCCC1C. The number of amides is 1. The van der Waals surface area contributed by atoms with Crippen molar-refractivity contribution >= 4 is 23.2 Å². The van der Waals surface area contributed by atoms with Crippen molar-refractivity contribution in [3.05, 3.63) is 34.7 Å². The third-order valence-electron chi connectivity index (χ3n) is 4.62. The molecule has 0 spiro atoms. The molecule has 1 aliphatic heterocycles. The molecule has 2 aromatic heterocycles. The zero-order valence-corrected chi connectivity index (χ0v) is 14.1. The van der Waals surface area contributed by atoms with E-state index in [0.717, 1.165) is 30.6 Å². The van der Waals surface area contributed by atoms with Crippen LogP contribution in [0.2, 0.25) is 5.02 Å². The number of rotatable bonds is 2. The lowest BCUT2D eigenvalue weighted by molar-refractivity contribution is 0.0502. The number of piperidine rings is 1. The van der Waals surface area contributed by atoms with Crippen molar-refractivity contribution in [2.75, 3.05) is 0 Å². The lowest BCUT2D eigenvalue weighted by Gasteiger charge is -2.39. The summed E-state index contributed by atoms with van der Waals surface area (Å²) < 4.78 is 1.84. The van der Waals surface area contributed by atoms with Crippen LogP contribution in [0.15, 0.2) is 18.3 Å². The fourth-order valence-electron chi connectivity index (χ4n) is 3.48. The van der Waals surface area contributed by atoms with E-state index in [0.29, 0.717) is 10.7 Å². The minimum absolute atomic E-state index is 0.0753. The highest BCUT2D eigenvalue weighted by Gasteiger charge is 2.32. The number of carbonyl (C=O) groups is 1. The lowest BCUT2D eigenvalue weighted by Crippen LogP contribution is -2.48.